The highest BCUT2D eigenvalue weighted by molar-refractivity contribution is 6.31. The number of ether oxygens (including phenoxy) is 1. The van der Waals surface area contributed by atoms with Crippen molar-refractivity contribution in [1.82, 2.24) is 10.1 Å². The molecule has 1 fully saturated rings. The third kappa shape index (κ3) is 3.60. The Hall–Kier alpha value is -2.86. The molecule has 7 heteroatoms. The van der Waals surface area contributed by atoms with E-state index in [4.69, 9.17) is 20.9 Å². The molecule has 2 aromatic carbocycles. The summed E-state index contributed by atoms with van der Waals surface area (Å²) in [5.41, 5.74) is 2.66. The summed E-state index contributed by atoms with van der Waals surface area (Å²) in [6, 6.07) is 13.1. The van der Waals surface area contributed by atoms with E-state index in [0.29, 0.717) is 36.3 Å². The molecule has 1 saturated heterocycles. The summed E-state index contributed by atoms with van der Waals surface area (Å²) in [6.07, 6.45) is 0.330. The van der Waals surface area contributed by atoms with Crippen molar-refractivity contribution in [3.05, 3.63) is 58.9 Å². The third-order valence-electron chi connectivity index (χ3n) is 4.80. The molecule has 0 bridgehead atoms. The number of amides is 1. The molecule has 4 rings (SSSR count). The van der Waals surface area contributed by atoms with Gasteiger partial charge in [-0.05, 0) is 55.8 Å². The minimum absolute atomic E-state index is 0.0242. The first-order valence-electron chi connectivity index (χ1n) is 9.18. The number of nitrogens with zero attached hydrogens (tertiary/aromatic N) is 3. The molecule has 1 aliphatic heterocycles. The molecule has 1 aromatic heterocycles. The molecule has 0 N–H and O–H groups in total. The third-order valence-corrected chi connectivity index (χ3v) is 5.04. The number of carbonyl (C=O) groups excluding carboxylic acids is 1. The van der Waals surface area contributed by atoms with Gasteiger partial charge in [0.25, 0.3) is 0 Å². The molecule has 2 heterocycles. The number of benzene rings is 2. The van der Waals surface area contributed by atoms with Crippen LogP contribution in [0.3, 0.4) is 0 Å². The Morgan fingerprint density at radius 1 is 1.25 bits per heavy atom. The second kappa shape index (κ2) is 7.64. The number of hydrogen-bond donors (Lipinski definition) is 0. The number of hydrogen-bond acceptors (Lipinski definition) is 5. The van der Waals surface area contributed by atoms with Gasteiger partial charge >= 0.3 is 0 Å². The molecule has 28 heavy (non-hydrogen) atoms. The zero-order valence-electron chi connectivity index (χ0n) is 15.7. The monoisotopic (exact) mass is 397 g/mol. The van der Waals surface area contributed by atoms with Crippen molar-refractivity contribution in [2.24, 2.45) is 0 Å². The maximum absolute atomic E-state index is 12.6. The van der Waals surface area contributed by atoms with Crippen LogP contribution in [0.4, 0.5) is 5.69 Å². The lowest BCUT2D eigenvalue weighted by Crippen LogP contribution is -2.25. The lowest BCUT2D eigenvalue weighted by Gasteiger charge is -2.18. The maximum atomic E-state index is 12.6. The molecule has 0 aliphatic carbocycles. The van der Waals surface area contributed by atoms with Gasteiger partial charge in [0.2, 0.25) is 17.6 Å². The van der Waals surface area contributed by atoms with Crippen molar-refractivity contribution < 1.29 is 14.1 Å². The fourth-order valence-corrected chi connectivity index (χ4v) is 3.53. The molecule has 6 nitrogen and oxygen atoms in total. The van der Waals surface area contributed by atoms with Gasteiger partial charge in [-0.3, -0.25) is 4.79 Å². The average molecular weight is 398 g/mol. The van der Waals surface area contributed by atoms with Crippen molar-refractivity contribution in [3.8, 4) is 17.1 Å². The fraction of sp³-hybridized carbons (Fsp3) is 0.286. The number of carbonyl (C=O) groups is 1. The number of rotatable bonds is 5. The second-order valence-corrected chi connectivity index (χ2v) is 7.19. The molecule has 144 valence electrons. The van der Waals surface area contributed by atoms with Gasteiger partial charge < -0.3 is 14.2 Å². The molecular weight excluding hydrogens is 378 g/mol. The van der Waals surface area contributed by atoms with Crippen molar-refractivity contribution in [2.75, 3.05) is 18.1 Å². The molecule has 0 spiro atoms. The number of anilines is 1. The van der Waals surface area contributed by atoms with E-state index in [9.17, 15) is 4.79 Å². The minimum Gasteiger partial charge on any atom is -0.494 e. The van der Waals surface area contributed by atoms with Gasteiger partial charge in [0.15, 0.2) is 0 Å². The van der Waals surface area contributed by atoms with Gasteiger partial charge in [-0.2, -0.15) is 4.98 Å². The molecule has 0 saturated carbocycles. The zero-order chi connectivity index (χ0) is 19.7. The summed E-state index contributed by atoms with van der Waals surface area (Å²) in [7, 11) is 0. The lowest BCUT2D eigenvalue weighted by atomic mass is 10.1. The molecule has 1 amide bonds. The van der Waals surface area contributed by atoms with Crippen LogP contribution < -0.4 is 9.64 Å². The SMILES string of the molecule is CCOc1ccc(-c2noc(C3CC(=O)N(c4cc(Cl)ccc4C)C3)n2)cc1. The van der Waals surface area contributed by atoms with Crippen LogP contribution in [0.2, 0.25) is 5.02 Å². The first-order chi connectivity index (χ1) is 13.5. The van der Waals surface area contributed by atoms with Crippen LogP contribution in [0, 0.1) is 6.92 Å². The molecule has 1 unspecified atom stereocenters. The second-order valence-electron chi connectivity index (χ2n) is 6.75. The van der Waals surface area contributed by atoms with Gasteiger partial charge in [0, 0.05) is 29.2 Å². The Kier molecular flexibility index (Phi) is 5.05. The molecular formula is C21H20ClN3O3. The zero-order valence-corrected chi connectivity index (χ0v) is 16.4. The van der Waals surface area contributed by atoms with Crippen LogP contribution >= 0.6 is 11.6 Å². The van der Waals surface area contributed by atoms with E-state index in [1.165, 1.54) is 0 Å². The highest BCUT2D eigenvalue weighted by Gasteiger charge is 2.35. The Morgan fingerprint density at radius 3 is 2.79 bits per heavy atom. The van der Waals surface area contributed by atoms with Gasteiger partial charge in [0.1, 0.15) is 5.75 Å². The minimum atomic E-state index is -0.144. The van der Waals surface area contributed by atoms with Crippen LogP contribution in [0.1, 0.15) is 30.7 Å². The van der Waals surface area contributed by atoms with E-state index < -0.39 is 0 Å². The van der Waals surface area contributed by atoms with Crippen molar-refractivity contribution in [1.29, 1.82) is 0 Å². The lowest BCUT2D eigenvalue weighted by molar-refractivity contribution is -0.117. The van der Waals surface area contributed by atoms with Crippen LogP contribution in [0.15, 0.2) is 47.0 Å². The van der Waals surface area contributed by atoms with Crippen molar-refractivity contribution in [2.45, 2.75) is 26.2 Å². The van der Waals surface area contributed by atoms with Crippen LogP contribution in [-0.4, -0.2) is 29.2 Å². The van der Waals surface area contributed by atoms with E-state index in [1.807, 2.05) is 56.3 Å². The summed E-state index contributed by atoms with van der Waals surface area (Å²) in [5, 5.41) is 4.69. The molecule has 3 aromatic rings. The van der Waals surface area contributed by atoms with E-state index in [1.54, 1.807) is 4.90 Å². The largest absolute Gasteiger partial charge is 0.494 e. The van der Waals surface area contributed by atoms with Gasteiger partial charge in [-0.1, -0.05) is 22.8 Å². The summed E-state index contributed by atoms with van der Waals surface area (Å²) in [5.74, 6) is 1.65. The smallest absolute Gasteiger partial charge is 0.232 e. The summed E-state index contributed by atoms with van der Waals surface area (Å²) in [4.78, 5) is 18.8. The Morgan fingerprint density at radius 2 is 2.04 bits per heavy atom. The van der Waals surface area contributed by atoms with Gasteiger partial charge in [-0.15, -0.1) is 0 Å². The maximum Gasteiger partial charge on any atom is 0.232 e. The van der Waals surface area contributed by atoms with Crippen LogP contribution in [0.5, 0.6) is 5.75 Å². The normalized spacial score (nSPS) is 16.6. The Labute approximate surface area is 168 Å². The Bertz CT molecular complexity index is 1000. The molecule has 1 aliphatic rings. The Balaban J connectivity index is 1.53. The first kappa shape index (κ1) is 18.5. The first-order valence-corrected chi connectivity index (χ1v) is 9.56. The number of aromatic nitrogens is 2. The number of aryl methyl sites for hydroxylation is 1. The quantitative estimate of drug-likeness (QED) is 0.628. The van der Waals surface area contributed by atoms with E-state index in [2.05, 4.69) is 10.1 Å². The van der Waals surface area contributed by atoms with Crippen molar-refractivity contribution >= 4 is 23.2 Å². The van der Waals surface area contributed by atoms with Crippen LogP contribution in [0.25, 0.3) is 11.4 Å². The predicted molar refractivity (Wildman–Crippen MR) is 107 cm³/mol. The number of halogens is 1. The topological polar surface area (TPSA) is 68.5 Å². The summed E-state index contributed by atoms with van der Waals surface area (Å²) in [6.45, 7) is 5.01. The summed E-state index contributed by atoms with van der Waals surface area (Å²) < 4.78 is 10.9. The van der Waals surface area contributed by atoms with Gasteiger partial charge in [-0.25, -0.2) is 0 Å². The van der Waals surface area contributed by atoms with Crippen LogP contribution in [-0.2, 0) is 4.79 Å². The molecule has 1 atom stereocenters. The highest BCUT2D eigenvalue weighted by Crippen LogP contribution is 2.34. The standard InChI is InChI=1S/C21H20ClN3O3/c1-3-27-17-8-5-14(6-9-17)20-23-21(28-24-20)15-10-19(26)25(12-15)18-11-16(22)7-4-13(18)2/h4-9,11,15H,3,10,12H2,1-2H3. The van der Waals surface area contributed by atoms with Crippen molar-refractivity contribution in [3.63, 3.8) is 0 Å². The average Bonchev–Trinajstić information content (AvgIpc) is 3.32. The fourth-order valence-electron chi connectivity index (χ4n) is 3.36. The van der Waals surface area contributed by atoms with E-state index in [0.717, 1.165) is 22.6 Å². The molecule has 0 radical (unpaired) electrons. The van der Waals surface area contributed by atoms with E-state index in [-0.39, 0.29) is 11.8 Å². The predicted octanol–water partition coefficient (Wildman–Crippen LogP) is 4.62. The van der Waals surface area contributed by atoms with E-state index >= 15 is 0 Å². The summed E-state index contributed by atoms with van der Waals surface area (Å²) >= 11 is 6.11. The van der Waals surface area contributed by atoms with Gasteiger partial charge in [0.05, 0.1) is 12.5 Å². The highest BCUT2D eigenvalue weighted by atomic mass is 35.5.